The van der Waals surface area contributed by atoms with Gasteiger partial charge in [-0.25, -0.2) is 0 Å². The summed E-state index contributed by atoms with van der Waals surface area (Å²) in [5, 5.41) is 0. The zero-order valence-corrected chi connectivity index (χ0v) is 39.2. The largest absolute Gasteiger partial charge is 0.462 e. The van der Waals surface area contributed by atoms with Gasteiger partial charge >= 0.3 is 17.9 Å². The van der Waals surface area contributed by atoms with Crippen LogP contribution in [0.25, 0.3) is 0 Å². The van der Waals surface area contributed by atoms with Crippen molar-refractivity contribution in [3.63, 3.8) is 0 Å². The Kier molecular flexibility index (Phi) is 45.3. The summed E-state index contributed by atoms with van der Waals surface area (Å²) in [6.45, 7) is 6.08. The number of carbonyl (C=O) groups excluding carboxylic acids is 3. The molecule has 0 heterocycles. The van der Waals surface area contributed by atoms with Gasteiger partial charge in [0.05, 0.1) is 0 Å². The molecule has 0 spiro atoms. The van der Waals surface area contributed by atoms with Crippen LogP contribution in [0.2, 0.25) is 0 Å². The van der Waals surface area contributed by atoms with Crippen molar-refractivity contribution < 1.29 is 28.6 Å². The Hall–Kier alpha value is -5.23. The molecule has 0 bridgehead atoms. The van der Waals surface area contributed by atoms with Gasteiger partial charge in [0.15, 0.2) is 6.10 Å². The van der Waals surface area contributed by atoms with Gasteiger partial charge in [-0.2, -0.15) is 0 Å². The molecular weight excluding hydrogens is 781 g/mol. The molecule has 6 heteroatoms. The average molecular weight is 863 g/mol. The van der Waals surface area contributed by atoms with E-state index in [1.807, 2.05) is 115 Å². The van der Waals surface area contributed by atoms with Crippen molar-refractivity contribution in [2.45, 2.75) is 155 Å². The number of rotatable bonds is 39. The maximum Gasteiger partial charge on any atom is 0.306 e. The molecule has 346 valence electrons. The Labute approximate surface area is 383 Å². The molecule has 0 aliphatic carbocycles. The molecule has 1 unspecified atom stereocenters. The van der Waals surface area contributed by atoms with Gasteiger partial charge in [0.25, 0.3) is 0 Å². The third-order valence-corrected chi connectivity index (χ3v) is 9.05. The summed E-state index contributed by atoms with van der Waals surface area (Å²) in [7, 11) is 0. The highest BCUT2D eigenvalue weighted by molar-refractivity contribution is 5.71. The van der Waals surface area contributed by atoms with Crippen LogP contribution >= 0.6 is 0 Å². The van der Waals surface area contributed by atoms with Crippen molar-refractivity contribution >= 4 is 17.9 Å². The molecule has 0 aromatic rings. The number of allylic oxidation sites excluding steroid dienone is 28. The molecule has 0 aromatic heterocycles. The second-order valence-electron chi connectivity index (χ2n) is 14.9. The van der Waals surface area contributed by atoms with Crippen LogP contribution in [0.5, 0.6) is 0 Å². The second kappa shape index (κ2) is 49.4. The zero-order valence-electron chi connectivity index (χ0n) is 39.2. The van der Waals surface area contributed by atoms with Gasteiger partial charge in [-0.1, -0.05) is 223 Å². The van der Waals surface area contributed by atoms with Crippen molar-refractivity contribution in [2.24, 2.45) is 0 Å². The molecule has 0 fully saturated rings. The van der Waals surface area contributed by atoms with Crippen molar-refractivity contribution in [3.8, 4) is 0 Å². The predicted molar refractivity (Wildman–Crippen MR) is 269 cm³/mol. The maximum atomic E-state index is 12.8. The minimum atomic E-state index is -0.836. The third kappa shape index (κ3) is 47.7. The molecule has 0 aliphatic rings. The highest BCUT2D eigenvalue weighted by Crippen LogP contribution is 2.11. The topological polar surface area (TPSA) is 78.9 Å². The molecule has 0 saturated carbocycles. The lowest BCUT2D eigenvalue weighted by Crippen LogP contribution is -2.30. The van der Waals surface area contributed by atoms with E-state index >= 15 is 0 Å². The van der Waals surface area contributed by atoms with E-state index in [0.29, 0.717) is 19.3 Å². The lowest BCUT2D eigenvalue weighted by molar-refractivity contribution is -0.167. The molecule has 0 radical (unpaired) electrons. The van der Waals surface area contributed by atoms with Gasteiger partial charge in [-0.15, -0.1) is 0 Å². The Bertz CT molecular complexity index is 1550. The normalized spacial score (nSPS) is 13.6. The number of hydrogen-bond acceptors (Lipinski definition) is 6. The fourth-order valence-corrected chi connectivity index (χ4v) is 5.55. The first kappa shape index (κ1) is 57.8. The van der Waals surface area contributed by atoms with E-state index in [2.05, 4.69) is 75.5 Å². The van der Waals surface area contributed by atoms with Gasteiger partial charge in [0, 0.05) is 19.3 Å². The standard InChI is InChI=1S/C57H82O6/c1-4-7-10-13-16-19-22-25-27-28-30-32-35-38-41-44-47-50-56(59)62-53-54(52-61-55(58)49-46-43-40-37-34-31-24-21-18-15-12-9-6-3)63-57(60)51-48-45-42-39-36-33-29-26-23-20-17-14-11-8-5-2/h7-30,32-33,35-36,54H,4-6,31,34,37-53H2,1-3H3/b10-7-,11-8-,12-9-,16-13-,17-14-,18-15-,22-19-,23-20-,24-21-,27-25-,29-26-,30-28+,35-32-,36-33-. The van der Waals surface area contributed by atoms with Crippen LogP contribution in [0.15, 0.2) is 170 Å². The first-order valence-electron chi connectivity index (χ1n) is 23.8. The minimum Gasteiger partial charge on any atom is -0.462 e. The molecule has 0 amide bonds. The highest BCUT2D eigenvalue weighted by atomic mass is 16.6. The number of hydrogen-bond donors (Lipinski definition) is 0. The maximum absolute atomic E-state index is 12.8. The highest BCUT2D eigenvalue weighted by Gasteiger charge is 2.19. The van der Waals surface area contributed by atoms with Gasteiger partial charge < -0.3 is 14.2 Å². The van der Waals surface area contributed by atoms with Crippen molar-refractivity contribution in [3.05, 3.63) is 170 Å². The predicted octanol–water partition coefficient (Wildman–Crippen LogP) is 15.6. The monoisotopic (exact) mass is 863 g/mol. The summed E-state index contributed by atoms with van der Waals surface area (Å²) in [5.74, 6) is -1.06. The summed E-state index contributed by atoms with van der Waals surface area (Å²) >= 11 is 0. The Morgan fingerprint density at radius 1 is 0.317 bits per heavy atom. The van der Waals surface area contributed by atoms with E-state index < -0.39 is 6.10 Å². The molecular formula is C57H82O6. The van der Waals surface area contributed by atoms with E-state index in [0.717, 1.165) is 96.3 Å². The van der Waals surface area contributed by atoms with Gasteiger partial charge in [0.1, 0.15) is 13.2 Å². The summed E-state index contributed by atoms with van der Waals surface area (Å²) in [4.78, 5) is 37.9. The number of unbranched alkanes of at least 4 members (excludes halogenated alkanes) is 11. The van der Waals surface area contributed by atoms with E-state index in [4.69, 9.17) is 14.2 Å². The summed E-state index contributed by atoms with van der Waals surface area (Å²) in [6, 6.07) is 0. The van der Waals surface area contributed by atoms with E-state index in [9.17, 15) is 14.4 Å². The van der Waals surface area contributed by atoms with Gasteiger partial charge in [0.2, 0.25) is 0 Å². The van der Waals surface area contributed by atoms with Crippen LogP contribution in [0.4, 0.5) is 0 Å². The van der Waals surface area contributed by atoms with Crippen LogP contribution in [0.3, 0.4) is 0 Å². The van der Waals surface area contributed by atoms with Crippen LogP contribution < -0.4 is 0 Å². The first-order valence-corrected chi connectivity index (χ1v) is 23.8. The minimum absolute atomic E-state index is 0.131. The van der Waals surface area contributed by atoms with Crippen molar-refractivity contribution in [2.75, 3.05) is 13.2 Å². The third-order valence-electron chi connectivity index (χ3n) is 9.05. The van der Waals surface area contributed by atoms with Gasteiger partial charge in [-0.05, 0) is 77.0 Å². The van der Waals surface area contributed by atoms with E-state index in [1.54, 1.807) is 0 Å². The van der Waals surface area contributed by atoms with Crippen LogP contribution in [0.1, 0.15) is 149 Å². The Morgan fingerprint density at radius 3 is 0.905 bits per heavy atom. The van der Waals surface area contributed by atoms with E-state index in [-0.39, 0.29) is 44.0 Å². The molecule has 0 aliphatic heterocycles. The SMILES string of the molecule is CC\C=C/C=C\C=C/C=C\C=C/CCCCCC(=O)OC(COC(=O)CCCCC\C=C/C=C/C=C\C=C/C=C\C=C/CC)COC(=O)CCCCCCC\C=C/C=C\C=C/CC. The molecule has 0 rings (SSSR count). The molecule has 1 atom stereocenters. The number of ether oxygens (including phenoxy) is 3. The Morgan fingerprint density at radius 2 is 0.571 bits per heavy atom. The number of esters is 3. The molecule has 0 saturated heterocycles. The fraction of sp³-hybridized carbons (Fsp3) is 0.456. The molecule has 6 nitrogen and oxygen atoms in total. The first-order chi connectivity index (χ1) is 31.0. The van der Waals surface area contributed by atoms with E-state index in [1.165, 1.54) is 0 Å². The summed E-state index contributed by atoms with van der Waals surface area (Å²) in [5.41, 5.74) is 0. The van der Waals surface area contributed by atoms with Crippen molar-refractivity contribution in [1.82, 2.24) is 0 Å². The lowest BCUT2D eigenvalue weighted by atomic mass is 10.1. The lowest BCUT2D eigenvalue weighted by Gasteiger charge is -2.18. The van der Waals surface area contributed by atoms with Crippen LogP contribution in [0, 0.1) is 0 Å². The quantitative estimate of drug-likeness (QED) is 0.0265. The second-order valence-corrected chi connectivity index (χ2v) is 14.9. The molecule has 0 aromatic carbocycles. The molecule has 0 N–H and O–H groups in total. The summed E-state index contributed by atoms with van der Waals surface area (Å²) in [6.07, 6.45) is 73.3. The van der Waals surface area contributed by atoms with Crippen LogP contribution in [-0.2, 0) is 28.6 Å². The smallest absolute Gasteiger partial charge is 0.306 e. The summed E-state index contributed by atoms with van der Waals surface area (Å²) < 4.78 is 16.7. The average Bonchev–Trinajstić information content (AvgIpc) is 3.28. The number of carbonyl (C=O) groups is 3. The molecule has 63 heavy (non-hydrogen) atoms. The zero-order chi connectivity index (χ0) is 45.8. The Balaban J connectivity index is 4.65. The van der Waals surface area contributed by atoms with Crippen molar-refractivity contribution in [1.29, 1.82) is 0 Å². The van der Waals surface area contributed by atoms with Gasteiger partial charge in [-0.3, -0.25) is 14.4 Å². The fourth-order valence-electron chi connectivity index (χ4n) is 5.55. The van der Waals surface area contributed by atoms with Crippen LogP contribution in [-0.4, -0.2) is 37.2 Å².